The van der Waals surface area contributed by atoms with Crippen molar-refractivity contribution in [2.75, 3.05) is 45.9 Å². The molecule has 0 aromatic heterocycles. The van der Waals surface area contributed by atoms with Gasteiger partial charge in [0.25, 0.3) is 5.91 Å². The van der Waals surface area contributed by atoms with E-state index in [1.807, 2.05) is 18.2 Å². The van der Waals surface area contributed by atoms with Crippen LogP contribution < -0.4 is 0 Å². The van der Waals surface area contributed by atoms with Crippen molar-refractivity contribution in [1.82, 2.24) is 14.8 Å². The molecule has 1 atom stereocenters. The normalized spacial score (nSPS) is 20.3. The second-order valence-electron chi connectivity index (χ2n) is 9.52. The molecule has 2 fully saturated rings. The molecule has 2 aromatic rings. The SMILES string of the molecule is O=C(C1CC1)N(CCN1CCOCC1)CC(=O)N1N=C(c2ccc(F)cc2)C[C@@H]1c1ccccc1Cl. The van der Waals surface area contributed by atoms with E-state index < -0.39 is 6.04 Å². The van der Waals surface area contributed by atoms with Crippen LogP contribution in [0.25, 0.3) is 0 Å². The number of rotatable bonds is 8. The monoisotopic (exact) mass is 512 g/mol. The van der Waals surface area contributed by atoms with Crippen molar-refractivity contribution in [2.45, 2.75) is 25.3 Å². The third-order valence-electron chi connectivity index (χ3n) is 6.96. The van der Waals surface area contributed by atoms with Crippen molar-refractivity contribution in [3.8, 4) is 0 Å². The molecule has 1 saturated heterocycles. The molecular formula is C27H30ClFN4O3. The molecule has 0 N–H and O–H groups in total. The lowest BCUT2D eigenvalue weighted by molar-refractivity contribution is -0.142. The molecule has 0 unspecified atom stereocenters. The number of nitrogens with zero attached hydrogens (tertiary/aromatic N) is 4. The Morgan fingerprint density at radius 1 is 1.08 bits per heavy atom. The number of morpholine rings is 1. The number of benzene rings is 2. The molecule has 3 aliphatic rings. The summed E-state index contributed by atoms with van der Waals surface area (Å²) in [5.41, 5.74) is 2.23. The second kappa shape index (κ2) is 11.1. The Hall–Kier alpha value is -2.81. The summed E-state index contributed by atoms with van der Waals surface area (Å²) in [5, 5.41) is 6.67. The Morgan fingerprint density at radius 3 is 2.50 bits per heavy atom. The van der Waals surface area contributed by atoms with Gasteiger partial charge in [0, 0.05) is 43.5 Å². The number of amides is 2. The van der Waals surface area contributed by atoms with Crippen molar-refractivity contribution in [3.63, 3.8) is 0 Å². The zero-order valence-corrected chi connectivity index (χ0v) is 20.9. The predicted octanol–water partition coefficient (Wildman–Crippen LogP) is 3.73. The van der Waals surface area contributed by atoms with E-state index in [4.69, 9.17) is 16.3 Å². The fraction of sp³-hybridized carbons (Fsp3) is 0.444. The standard InChI is InChI=1S/C27H30ClFN4O3/c28-23-4-2-1-3-22(23)25-17-24(19-7-9-21(29)10-8-19)30-33(25)26(34)18-32(27(35)20-5-6-20)12-11-31-13-15-36-16-14-31/h1-4,7-10,20,25H,5-6,11-18H2/t25-/m1/s1. The number of hydrogen-bond donors (Lipinski definition) is 0. The molecule has 1 aliphatic carbocycles. The van der Waals surface area contributed by atoms with E-state index in [0.29, 0.717) is 43.5 Å². The lowest BCUT2D eigenvalue weighted by atomic mass is 9.98. The minimum atomic E-state index is -0.400. The van der Waals surface area contributed by atoms with Crippen LogP contribution >= 0.6 is 11.6 Å². The first-order valence-corrected chi connectivity index (χ1v) is 12.9. The summed E-state index contributed by atoms with van der Waals surface area (Å²) >= 11 is 6.51. The van der Waals surface area contributed by atoms with Gasteiger partial charge >= 0.3 is 0 Å². The van der Waals surface area contributed by atoms with Crippen molar-refractivity contribution < 1.29 is 18.7 Å². The number of hydrazone groups is 1. The Kier molecular flexibility index (Phi) is 7.65. The van der Waals surface area contributed by atoms with Crippen LogP contribution in [-0.2, 0) is 14.3 Å². The van der Waals surface area contributed by atoms with Crippen molar-refractivity contribution >= 4 is 29.1 Å². The van der Waals surface area contributed by atoms with Gasteiger partial charge in [-0.15, -0.1) is 0 Å². The molecule has 2 aliphatic heterocycles. The summed E-state index contributed by atoms with van der Waals surface area (Å²) < 4.78 is 18.9. The van der Waals surface area contributed by atoms with Gasteiger partial charge in [-0.2, -0.15) is 5.10 Å². The van der Waals surface area contributed by atoms with Gasteiger partial charge in [-0.05, 0) is 42.2 Å². The van der Waals surface area contributed by atoms with E-state index in [1.165, 1.54) is 17.1 Å². The van der Waals surface area contributed by atoms with Crippen LogP contribution in [-0.4, -0.2) is 78.3 Å². The lowest BCUT2D eigenvalue weighted by Crippen LogP contribution is -2.47. The van der Waals surface area contributed by atoms with Gasteiger partial charge in [-0.3, -0.25) is 14.5 Å². The molecule has 36 heavy (non-hydrogen) atoms. The molecular weight excluding hydrogens is 483 g/mol. The van der Waals surface area contributed by atoms with E-state index >= 15 is 0 Å². The summed E-state index contributed by atoms with van der Waals surface area (Å²) in [6, 6.07) is 13.1. The Balaban J connectivity index is 1.37. The molecule has 5 rings (SSSR count). The van der Waals surface area contributed by atoms with E-state index in [-0.39, 0.29) is 30.1 Å². The van der Waals surface area contributed by atoms with Crippen LogP contribution in [0.3, 0.4) is 0 Å². The van der Waals surface area contributed by atoms with Crippen LogP contribution in [0.15, 0.2) is 53.6 Å². The van der Waals surface area contributed by atoms with Gasteiger partial charge < -0.3 is 9.64 Å². The van der Waals surface area contributed by atoms with Crippen LogP contribution in [0, 0.1) is 11.7 Å². The second-order valence-corrected chi connectivity index (χ2v) is 9.93. The quantitative estimate of drug-likeness (QED) is 0.540. The summed E-state index contributed by atoms with van der Waals surface area (Å²) in [6.45, 7) is 4.17. The average molecular weight is 513 g/mol. The molecule has 0 spiro atoms. The summed E-state index contributed by atoms with van der Waals surface area (Å²) in [7, 11) is 0. The Bertz CT molecular complexity index is 1130. The number of carbonyl (C=O) groups excluding carboxylic acids is 2. The van der Waals surface area contributed by atoms with Crippen LogP contribution in [0.5, 0.6) is 0 Å². The zero-order chi connectivity index (χ0) is 25.1. The number of halogens is 2. The van der Waals surface area contributed by atoms with E-state index in [0.717, 1.165) is 37.1 Å². The van der Waals surface area contributed by atoms with Gasteiger partial charge in [-0.25, -0.2) is 9.40 Å². The first-order chi connectivity index (χ1) is 17.5. The predicted molar refractivity (Wildman–Crippen MR) is 135 cm³/mol. The highest BCUT2D eigenvalue weighted by Gasteiger charge is 2.38. The summed E-state index contributed by atoms with van der Waals surface area (Å²) in [6.07, 6.45) is 2.20. The minimum absolute atomic E-state index is 0.0127. The van der Waals surface area contributed by atoms with Crippen LogP contribution in [0.1, 0.15) is 36.4 Å². The smallest absolute Gasteiger partial charge is 0.262 e. The number of ether oxygens (including phenoxy) is 1. The highest BCUT2D eigenvalue weighted by molar-refractivity contribution is 6.31. The van der Waals surface area contributed by atoms with Crippen molar-refractivity contribution in [1.29, 1.82) is 0 Å². The van der Waals surface area contributed by atoms with Gasteiger partial charge in [0.15, 0.2) is 0 Å². The third-order valence-corrected chi connectivity index (χ3v) is 7.31. The molecule has 9 heteroatoms. The van der Waals surface area contributed by atoms with E-state index in [9.17, 15) is 14.0 Å². The molecule has 0 radical (unpaired) electrons. The molecule has 0 bridgehead atoms. The molecule has 2 amide bonds. The van der Waals surface area contributed by atoms with Gasteiger partial charge in [-0.1, -0.05) is 41.9 Å². The minimum Gasteiger partial charge on any atom is -0.379 e. The maximum atomic E-state index is 13.7. The van der Waals surface area contributed by atoms with Gasteiger partial charge in [0.05, 0.1) is 25.0 Å². The maximum Gasteiger partial charge on any atom is 0.262 e. The number of carbonyl (C=O) groups is 2. The highest BCUT2D eigenvalue weighted by atomic mass is 35.5. The summed E-state index contributed by atoms with van der Waals surface area (Å²) in [4.78, 5) is 30.7. The largest absolute Gasteiger partial charge is 0.379 e. The van der Waals surface area contributed by atoms with E-state index in [2.05, 4.69) is 10.0 Å². The van der Waals surface area contributed by atoms with Gasteiger partial charge in [0.1, 0.15) is 12.4 Å². The molecule has 2 aromatic carbocycles. The van der Waals surface area contributed by atoms with E-state index in [1.54, 1.807) is 23.1 Å². The topological polar surface area (TPSA) is 65.5 Å². The van der Waals surface area contributed by atoms with Crippen LogP contribution in [0.2, 0.25) is 5.02 Å². The Morgan fingerprint density at radius 2 is 1.81 bits per heavy atom. The van der Waals surface area contributed by atoms with Crippen molar-refractivity contribution in [3.05, 3.63) is 70.5 Å². The first kappa shape index (κ1) is 24.9. The zero-order valence-electron chi connectivity index (χ0n) is 20.1. The highest BCUT2D eigenvalue weighted by Crippen LogP contribution is 2.37. The van der Waals surface area contributed by atoms with Crippen molar-refractivity contribution in [2.24, 2.45) is 11.0 Å². The van der Waals surface area contributed by atoms with Gasteiger partial charge in [0.2, 0.25) is 5.91 Å². The fourth-order valence-corrected chi connectivity index (χ4v) is 4.98. The molecule has 7 nitrogen and oxygen atoms in total. The fourth-order valence-electron chi connectivity index (χ4n) is 4.72. The molecule has 190 valence electrons. The first-order valence-electron chi connectivity index (χ1n) is 12.5. The maximum absolute atomic E-state index is 13.7. The Labute approximate surface area is 215 Å². The summed E-state index contributed by atoms with van der Waals surface area (Å²) in [5.74, 6) is -0.540. The third kappa shape index (κ3) is 5.77. The van der Waals surface area contributed by atoms with Crippen LogP contribution in [0.4, 0.5) is 4.39 Å². The average Bonchev–Trinajstić information content (AvgIpc) is 3.66. The molecule has 2 heterocycles. The number of hydrogen-bond acceptors (Lipinski definition) is 5. The lowest BCUT2D eigenvalue weighted by Gasteiger charge is -2.31. The molecule has 1 saturated carbocycles.